The van der Waals surface area contributed by atoms with Gasteiger partial charge in [0.15, 0.2) is 0 Å². The van der Waals surface area contributed by atoms with Crippen molar-refractivity contribution >= 4 is 23.2 Å². The van der Waals surface area contributed by atoms with Crippen LogP contribution in [0.25, 0.3) is 0 Å². The molecule has 0 amide bonds. The van der Waals surface area contributed by atoms with E-state index in [9.17, 15) is 10.1 Å². The number of nitro groups is 1. The van der Waals surface area contributed by atoms with Crippen LogP contribution in [0.2, 0.25) is 5.28 Å². The van der Waals surface area contributed by atoms with Gasteiger partial charge in [-0.05, 0) is 30.2 Å². The van der Waals surface area contributed by atoms with Crippen LogP contribution in [0, 0.1) is 17.0 Å². The number of nitro benzene ring substituents is 1. The number of nitrogens with zero attached hydrogens (tertiary/aromatic N) is 4. The van der Waals surface area contributed by atoms with E-state index >= 15 is 0 Å². The molecule has 9 heteroatoms. The molecule has 2 aromatic rings. The number of aryl methyl sites for hydroxylation is 1. The first-order valence-electron chi connectivity index (χ1n) is 5.05. The van der Waals surface area contributed by atoms with Crippen LogP contribution in [-0.4, -0.2) is 19.9 Å². The fourth-order valence-electron chi connectivity index (χ4n) is 1.35. The molecule has 1 aromatic heterocycles. The Morgan fingerprint density at radius 1 is 1.37 bits per heavy atom. The molecule has 0 spiro atoms. The van der Waals surface area contributed by atoms with E-state index in [1.165, 1.54) is 18.2 Å². The van der Waals surface area contributed by atoms with Crippen molar-refractivity contribution in [2.24, 2.45) is 0 Å². The number of benzene rings is 1. The molecule has 2 rings (SSSR count). The zero-order valence-corrected chi connectivity index (χ0v) is 10.5. The second-order valence-electron chi connectivity index (χ2n) is 3.55. The molecule has 0 fully saturated rings. The Morgan fingerprint density at radius 2 is 2.11 bits per heavy atom. The van der Waals surface area contributed by atoms with Crippen LogP contribution >= 0.6 is 11.6 Å². The number of rotatable bonds is 3. The van der Waals surface area contributed by atoms with Gasteiger partial charge in [0, 0.05) is 12.1 Å². The van der Waals surface area contributed by atoms with E-state index in [2.05, 4.69) is 15.0 Å². The van der Waals surface area contributed by atoms with Gasteiger partial charge in [-0.2, -0.15) is 15.0 Å². The van der Waals surface area contributed by atoms with Gasteiger partial charge in [0.25, 0.3) is 5.69 Å². The fraction of sp³-hybridized carbons (Fsp3) is 0.100. The molecule has 0 aliphatic carbocycles. The predicted molar refractivity (Wildman–Crippen MR) is 67.2 cm³/mol. The first-order chi connectivity index (χ1) is 8.95. The summed E-state index contributed by atoms with van der Waals surface area (Å²) < 4.78 is 5.36. The van der Waals surface area contributed by atoms with Crippen molar-refractivity contribution in [2.45, 2.75) is 6.92 Å². The summed E-state index contributed by atoms with van der Waals surface area (Å²) in [4.78, 5) is 21.2. The molecule has 0 bridgehead atoms. The van der Waals surface area contributed by atoms with Crippen molar-refractivity contribution in [1.82, 2.24) is 15.0 Å². The number of hydrogen-bond donors (Lipinski definition) is 1. The number of non-ortho nitro benzene ring substituents is 1. The number of aromatic nitrogens is 3. The van der Waals surface area contributed by atoms with Gasteiger partial charge in [-0.25, -0.2) is 0 Å². The van der Waals surface area contributed by atoms with E-state index in [-0.39, 0.29) is 22.9 Å². The monoisotopic (exact) mass is 281 g/mol. The van der Waals surface area contributed by atoms with Crippen LogP contribution in [0.5, 0.6) is 11.8 Å². The molecule has 0 atom stereocenters. The van der Waals surface area contributed by atoms with Gasteiger partial charge in [0.2, 0.25) is 11.2 Å². The van der Waals surface area contributed by atoms with Gasteiger partial charge in [-0.3, -0.25) is 10.1 Å². The van der Waals surface area contributed by atoms with Gasteiger partial charge >= 0.3 is 6.01 Å². The quantitative estimate of drug-likeness (QED) is 0.676. The molecule has 0 aliphatic rings. The number of hydrogen-bond acceptors (Lipinski definition) is 7. The normalized spacial score (nSPS) is 10.2. The average molecular weight is 282 g/mol. The van der Waals surface area contributed by atoms with Crippen molar-refractivity contribution < 1.29 is 9.66 Å². The molecule has 19 heavy (non-hydrogen) atoms. The summed E-state index contributed by atoms with van der Waals surface area (Å²) in [7, 11) is 0. The van der Waals surface area contributed by atoms with Crippen molar-refractivity contribution in [2.75, 3.05) is 5.73 Å². The maximum absolute atomic E-state index is 10.6. The van der Waals surface area contributed by atoms with Gasteiger partial charge in [0.05, 0.1) is 4.92 Å². The summed E-state index contributed by atoms with van der Waals surface area (Å²) in [6.07, 6.45) is 0. The lowest BCUT2D eigenvalue weighted by molar-refractivity contribution is -0.384. The van der Waals surface area contributed by atoms with Crippen molar-refractivity contribution in [1.29, 1.82) is 0 Å². The largest absolute Gasteiger partial charge is 0.424 e. The van der Waals surface area contributed by atoms with Crippen LogP contribution in [0.4, 0.5) is 11.6 Å². The lowest BCUT2D eigenvalue weighted by Gasteiger charge is -2.06. The van der Waals surface area contributed by atoms with Crippen LogP contribution in [-0.2, 0) is 0 Å². The van der Waals surface area contributed by atoms with Crippen LogP contribution in [0.3, 0.4) is 0 Å². The highest BCUT2D eigenvalue weighted by Crippen LogP contribution is 2.26. The Labute approximate surface area is 112 Å². The average Bonchev–Trinajstić information content (AvgIpc) is 2.30. The zero-order chi connectivity index (χ0) is 14.0. The van der Waals surface area contributed by atoms with Crippen LogP contribution in [0.1, 0.15) is 5.56 Å². The molecule has 1 heterocycles. The molecule has 1 aromatic carbocycles. The number of halogens is 1. The lowest BCUT2D eigenvalue weighted by Crippen LogP contribution is -2.01. The highest BCUT2D eigenvalue weighted by molar-refractivity contribution is 6.28. The predicted octanol–water partition coefficient (Wildman–Crippen LogP) is 2.12. The second-order valence-corrected chi connectivity index (χ2v) is 3.89. The number of nitrogens with two attached hydrogens (primary N) is 1. The summed E-state index contributed by atoms with van der Waals surface area (Å²) >= 11 is 5.61. The molecule has 98 valence electrons. The fourth-order valence-corrected chi connectivity index (χ4v) is 1.51. The Morgan fingerprint density at radius 3 is 2.68 bits per heavy atom. The Hall–Kier alpha value is -2.48. The van der Waals surface area contributed by atoms with E-state index < -0.39 is 4.92 Å². The molecule has 2 N–H and O–H groups in total. The number of anilines is 1. The van der Waals surface area contributed by atoms with Gasteiger partial charge in [-0.1, -0.05) is 0 Å². The minimum atomic E-state index is -0.491. The molecule has 0 aliphatic heterocycles. The molecule has 8 nitrogen and oxygen atoms in total. The van der Waals surface area contributed by atoms with Gasteiger partial charge in [-0.15, -0.1) is 0 Å². The summed E-state index contributed by atoms with van der Waals surface area (Å²) in [6.45, 7) is 1.66. The van der Waals surface area contributed by atoms with E-state index in [0.29, 0.717) is 11.3 Å². The SMILES string of the molecule is Cc1cc([N+](=O)[O-])ccc1Oc1nc(N)nc(Cl)n1. The zero-order valence-electron chi connectivity index (χ0n) is 9.70. The summed E-state index contributed by atoms with van der Waals surface area (Å²) in [5, 5.41) is 10.5. The topological polar surface area (TPSA) is 117 Å². The maximum atomic E-state index is 10.6. The van der Waals surface area contributed by atoms with Crippen molar-refractivity contribution in [3.8, 4) is 11.8 Å². The van der Waals surface area contributed by atoms with Crippen LogP contribution < -0.4 is 10.5 Å². The standard InChI is InChI=1S/C10H8ClN5O3/c1-5-4-6(16(17)18)2-3-7(5)19-10-14-8(11)13-9(12)15-10/h2-4H,1H3,(H2,12,13,14,15). The van der Waals surface area contributed by atoms with Crippen LogP contribution in [0.15, 0.2) is 18.2 Å². The van der Waals surface area contributed by atoms with Gasteiger partial charge < -0.3 is 10.5 Å². The molecule has 0 saturated carbocycles. The lowest BCUT2D eigenvalue weighted by atomic mass is 10.2. The number of ether oxygens (including phenoxy) is 1. The first kappa shape index (κ1) is 13.0. The van der Waals surface area contributed by atoms with E-state index in [1.807, 2.05) is 0 Å². The van der Waals surface area contributed by atoms with E-state index in [0.717, 1.165) is 0 Å². The summed E-state index contributed by atoms with van der Waals surface area (Å²) in [5.41, 5.74) is 5.93. The molecule has 0 saturated heterocycles. The van der Waals surface area contributed by atoms with E-state index in [1.54, 1.807) is 6.92 Å². The Kier molecular flexibility index (Phi) is 3.43. The molecular formula is C10H8ClN5O3. The highest BCUT2D eigenvalue weighted by Gasteiger charge is 2.11. The van der Waals surface area contributed by atoms with Crippen molar-refractivity contribution in [3.63, 3.8) is 0 Å². The summed E-state index contributed by atoms with van der Waals surface area (Å²) in [5.74, 6) is 0.293. The third-order valence-corrected chi connectivity index (χ3v) is 2.34. The minimum Gasteiger partial charge on any atom is -0.424 e. The Balaban J connectivity index is 2.30. The Bertz CT molecular complexity index is 629. The smallest absolute Gasteiger partial charge is 0.328 e. The maximum Gasteiger partial charge on any atom is 0.328 e. The van der Waals surface area contributed by atoms with Crippen molar-refractivity contribution in [3.05, 3.63) is 39.2 Å². The molecule has 0 unspecified atom stereocenters. The van der Waals surface area contributed by atoms with E-state index in [4.69, 9.17) is 22.1 Å². The molecule has 0 radical (unpaired) electrons. The highest BCUT2D eigenvalue weighted by atomic mass is 35.5. The molecular weight excluding hydrogens is 274 g/mol. The van der Waals surface area contributed by atoms with Gasteiger partial charge in [0.1, 0.15) is 5.75 Å². The minimum absolute atomic E-state index is 0.0296. The first-order valence-corrected chi connectivity index (χ1v) is 5.43. The number of nitrogen functional groups attached to an aromatic ring is 1. The summed E-state index contributed by atoms with van der Waals surface area (Å²) in [6, 6.07) is 4.06. The third-order valence-electron chi connectivity index (χ3n) is 2.18. The second kappa shape index (κ2) is 5.02. The third kappa shape index (κ3) is 3.05.